The van der Waals surface area contributed by atoms with Crippen molar-refractivity contribution < 1.29 is 9.32 Å². The van der Waals surface area contributed by atoms with Crippen LogP contribution < -0.4 is 10.6 Å². The summed E-state index contributed by atoms with van der Waals surface area (Å²) in [7, 11) is 1.51. The Morgan fingerprint density at radius 1 is 1.38 bits per heavy atom. The predicted molar refractivity (Wildman–Crippen MR) is 77.2 cm³/mol. The van der Waals surface area contributed by atoms with Crippen LogP contribution in [0.2, 0.25) is 0 Å². The Morgan fingerprint density at radius 3 is 3.05 bits per heavy atom. The summed E-state index contributed by atoms with van der Waals surface area (Å²) in [5.41, 5.74) is 0. The molecular formula is C12H12N6O2S. The number of carbonyl (C=O) groups is 1. The first kappa shape index (κ1) is 13.4. The standard InChI is InChI=1S/C12H12N6O2S/c1-6-15-9(7-3-4-21-12(7)16-6)14-5-8-17-10(18-20-8)11(19)13-2/h3-4H,5H2,1-2H3,(H,13,19)(H,14,15,16). The van der Waals surface area contributed by atoms with Gasteiger partial charge in [-0.2, -0.15) is 4.98 Å². The van der Waals surface area contributed by atoms with Crippen LogP contribution >= 0.6 is 11.3 Å². The van der Waals surface area contributed by atoms with Crippen LogP contribution in [0.3, 0.4) is 0 Å². The first-order valence-corrected chi connectivity index (χ1v) is 7.05. The summed E-state index contributed by atoms with van der Waals surface area (Å²) >= 11 is 1.55. The fourth-order valence-electron chi connectivity index (χ4n) is 1.79. The molecule has 3 aromatic rings. The molecule has 0 saturated heterocycles. The Balaban J connectivity index is 1.78. The highest BCUT2D eigenvalue weighted by molar-refractivity contribution is 7.16. The van der Waals surface area contributed by atoms with Gasteiger partial charge in [0.25, 0.3) is 11.7 Å². The SMILES string of the molecule is CNC(=O)c1noc(CNc2nc(C)nc3sccc23)n1. The van der Waals surface area contributed by atoms with Crippen LogP contribution in [0.5, 0.6) is 0 Å². The van der Waals surface area contributed by atoms with Gasteiger partial charge in [0.15, 0.2) is 0 Å². The molecule has 0 spiro atoms. The molecule has 0 saturated carbocycles. The number of rotatable bonds is 4. The van der Waals surface area contributed by atoms with Crippen molar-refractivity contribution in [1.82, 2.24) is 25.4 Å². The zero-order valence-electron chi connectivity index (χ0n) is 11.4. The summed E-state index contributed by atoms with van der Waals surface area (Å²) in [5, 5.41) is 12.1. The van der Waals surface area contributed by atoms with Gasteiger partial charge >= 0.3 is 0 Å². The van der Waals surface area contributed by atoms with E-state index in [9.17, 15) is 4.79 Å². The Labute approximate surface area is 123 Å². The van der Waals surface area contributed by atoms with Gasteiger partial charge < -0.3 is 15.2 Å². The average molecular weight is 304 g/mol. The second-order valence-corrected chi connectivity index (χ2v) is 5.10. The maximum absolute atomic E-state index is 11.4. The molecule has 3 aromatic heterocycles. The normalized spacial score (nSPS) is 10.8. The van der Waals surface area contributed by atoms with Crippen molar-refractivity contribution in [3.05, 3.63) is 29.0 Å². The lowest BCUT2D eigenvalue weighted by Gasteiger charge is -2.04. The first-order valence-electron chi connectivity index (χ1n) is 6.18. The van der Waals surface area contributed by atoms with Gasteiger partial charge in [-0.25, -0.2) is 9.97 Å². The summed E-state index contributed by atoms with van der Waals surface area (Å²) in [5.74, 6) is 1.33. The number of nitrogens with zero attached hydrogens (tertiary/aromatic N) is 4. The number of hydrogen-bond acceptors (Lipinski definition) is 8. The number of anilines is 1. The Morgan fingerprint density at radius 2 is 2.24 bits per heavy atom. The summed E-state index contributed by atoms with van der Waals surface area (Å²) in [6.07, 6.45) is 0. The van der Waals surface area contributed by atoms with E-state index in [1.807, 2.05) is 18.4 Å². The lowest BCUT2D eigenvalue weighted by atomic mass is 10.3. The van der Waals surface area contributed by atoms with Gasteiger partial charge in [0.05, 0.1) is 11.9 Å². The molecule has 3 rings (SSSR count). The van der Waals surface area contributed by atoms with Gasteiger partial charge in [0.1, 0.15) is 16.5 Å². The molecule has 0 radical (unpaired) electrons. The first-order chi connectivity index (χ1) is 10.2. The maximum atomic E-state index is 11.4. The lowest BCUT2D eigenvalue weighted by molar-refractivity contribution is 0.0950. The van der Waals surface area contributed by atoms with Crippen molar-refractivity contribution in [3.8, 4) is 0 Å². The van der Waals surface area contributed by atoms with Crippen molar-refractivity contribution in [3.63, 3.8) is 0 Å². The molecule has 1 amide bonds. The summed E-state index contributed by atoms with van der Waals surface area (Å²) in [6.45, 7) is 2.12. The topological polar surface area (TPSA) is 106 Å². The fraction of sp³-hybridized carbons (Fsp3) is 0.250. The highest BCUT2D eigenvalue weighted by atomic mass is 32.1. The third-order valence-electron chi connectivity index (χ3n) is 2.74. The number of carbonyl (C=O) groups excluding carboxylic acids is 1. The quantitative estimate of drug-likeness (QED) is 0.749. The Bertz CT molecular complexity index is 796. The fourth-order valence-corrected chi connectivity index (χ4v) is 2.60. The minimum absolute atomic E-state index is 0.00819. The number of hydrogen-bond donors (Lipinski definition) is 2. The molecular weight excluding hydrogens is 292 g/mol. The van der Waals surface area contributed by atoms with E-state index < -0.39 is 0 Å². The van der Waals surface area contributed by atoms with Crippen molar-refractivity contribution in [2.45, 2.75) is 13.5 Å². The summed E-state index contributed by atoms with van der Waals surface area (Å²) in [6, 6.07) is 1.95. The van der Waals surface area contributed by atoms with E-state index in [1.165, 1.54) is 7.05 Å². The van der Waals surface area contributed by atoms with Gasteiger partial charge in [-0.1, -0.05) is 5.16 Å². The van der Waals surface area contributed by atoms with Gasteiger partial charge in [0.2, 0.25) is 5.89 Å². The number of fused-ring (bicyclic) bond motifs is 1. The van der Waals surface area contributed by atoms with E-state index in [4.69, 9.17) is 4.52 Å². The number of thiophene rings is 1. The molecule has 0 aliphatic heterocycles. The summed E-state index contributed by atoms with van der Waals surface area (Å²) < 4.78 is 5.01. The number of nitrogens with one attached hydrogen (secondary N) is 2. The molecule has 0 atom stereocenters. The van der Waals surface area contributed by atoms with Crippen LogP contribution in [0, 0.1) is 6.92 Å². The van der Waals surface area contributed by atoms with E-state index in [1.54, 1.807) is 11.3 Å². The zero-order valence-corrected chi connectivity index (χ0v) is 12.2. The highest BCUT2D eigenvalue weighted by Crippen LogP contribution is 2.25. The maximum Gasteiger partial charge on any atom is 0.292 e. The van der Waals surface area contributed by atoms with Crippen LogP contribution in [-0.4, -0.2) is 33.1 Å². The number of aromatic nitrogens is 4. The largest absolute Gasteiger partial charge is 0.360 e. The van der Waals surface area contributed by atoms with E-state index >= 15 is 0 Å². The zero-order chi connectivity index (χ0) is 14.8. The molecule has 0 unspecified atom stereocenters. The lowest BCUT2D eigenvalue weighted by Crippen LogP contribution is -2.19. The average Bonchev–Trinajstić information content (AvgIpc) is 3.12. The molecule has 0 fully saturated rings. The highest BCUT2D eigenvalue weighted by Gasteiger charge is 2.13. The summed E-state index contributed by atoms with van der Waals surface area (Å²) in [4.78, 5) is 25.0. The molecule has 0 aliphatic rings. The molecule has 0 aliphatic carbocycles. The van der Waals surface area contributed by atoms with Crippen molar-refractivity contribution >= 4 is 33.3 Å². The Kier molecular flexibility index (Phi) is 3.48. The van der Waals surface area contributed by atoms with E-state index in [0.29, 0.717) is 17.5 Å². The second kappa shape index (κ2) is 5.44. The van der Waals surface area contributed by atoms with Crippen molar-refractivity contribution in [2.75, 3.05) is 12.4 Å². The molecule has 108 valence electrons. The van der Waals surface area contributed by atoms with Gasteiger partial charge in [-0.3, -0.25) is 4.79 Å². The minimum atomic E-state index is -0.386. The predicted octanol–water partition coefficient (Wildman–Crippen LogP) is 1.35. The van der Waals surface area contributed by atoms with Crippen molar-refractivity contribution in [2.24, 2.45) is 0 Å². The molecule has 9 heteroatoms. The number of aryl methyl sites for hydroxylation is 1. The van der Waals surface area contributed by atoms with E-state index in [0.717, 1.165) is 10.2 Å². The van der Waals surface area contributed by atoms with Crippen LogP contribution in [0.25, 0.3) is 10.2 Å². The number of amides is 1. The van der Waals surface area contributed by atoms with Crippen LogP contribution in [0.1, 0.15) is 22.3 Å². The van der Waals surface area contributed by atoms with Crippen LogP contribution in [-0.2, 0) is 6.54 Å². The molecule has 2 N–H and O–H groups in total. The smallest absolute Gasteiger partial charge is 0.292 e. The Hall–Kier alpha value is -2.55. The molecule has 8 nitrogen and oxygen atoms in total. The molecule has 0 bridgehead atoms. The second-order valence-electron chi connectivity index (χ2n) is 4.20. The van der Waals surface area contributed by atoms with Crippen LogP contribution in [0.4, 0.5) is 5.82 Å². The van der Waals surface area contributed by atoms with Crippen LogP contribution in [0.15, 0.2) is 16.0 Å². The minimum Gasteiger partial charge on any atom is -0.360 e. The van der Waals surface area contributed by atoms with E-state index in [-0.39, 0.29) is 18.3 Å². The van der Waals surface area contributed by atoms with Gasteiger partial charge in [0, 0.05) is 7.05 Å². The monoisotopic (exact) mass is 304 g/mol. The third kappa shape index (κ3) is 2.68. The van der Waals surface area contributed by atoms with Gasteiger partial charge in [-0.15, -0.1) is 11.3 Å². The van der Waals surface area contributed by atoms with Crippen molar-refractivity contribution in [1.29, 1.82) is 0 Å². The molecule has 3 heterocycles. The van der Waals surface area contributed by atoms with Gasteiger partial charge in [-0.05, 0) is 18.4 Å². The van der Waals surface area contributed by atoms with E-state index in [2.05, 4.69) is 30.7 Å². The third-order valence-corrected chi connectivity index (χ3v) is 3.55. The molecule has 21 heavy (non-hydrogen) atoms. The molecule has 0 aromatic carbocycles.